The molecule has 9 heteroatoms. The SMILES string of the molecule is COc1ccc(Br)cc1S(=O)(=O)OCC(F)(F)F. The molecule has 0 atom stereocenters. The fourth-order valence-electron chi connectivity index (χ4n) is 1.05. The van der Waals surface area contributed by atoms with Crippen LogP contribution < -0.4 is 4.74 Å². The maximum absolute atomic E-state index is 11.9. The molecule has 102 valence electrons. The lowest BCUT2D eigenvalue weighted by Crippen LogP contribution is -2.21. The third-order valence-electron chi connectivity index (χ3n) is 1.77. The molecule has 0 saturated carbocycles. The number of hydrogen-bond donors (Lipinski definition) is 0. The third kappa shape index (κ3) is 4.14. The Labute approximate surface area is 110 Å². The highest BCUT2D eigenvalue weighted by Crippen LogP contribution is 2.29. The topological polar surface area (TPSA) is 52.6 Å². The van der Waals surface area contributed by atoms with E-state index in [0.717, 1.165) is 6.07 Å². The van der Waals surface area contributed by atoms with Crippen LogP contribution in [0.3, 0.4) is 0 Å². The molecule has 0 heterocycles. The lowest BCUT2D eigenvalue weighted by atomic mass is 10.3. The molecule has 0 aliphatic carbocycles. The fraction of sp³-hybridized carbons (Fsp3) is 0.333. The Morgan fingerprint density at radius 2 is 1.94 bits per heavy atom. The fourth-order valence-corrected chi connectivity index (χ4v) is 2.65. The summed E-state index contributed by atoms with van der Waals surface area (Å²) < 4.78 is 68.0. The normalized spacial score (nSPS) is 12.5. The lowest BCUT2D eigenvalue weighted by molar-refractivity contribution is -0.152. The summed E-state index contributed by atoms with van der Waals surface area (Å²) in [6.07, 6.45) is -4.73. The minimum atomic E-state index is -4.73. The maximum atomic E-state index is 11.9. The van der Waals surface area contributed by atoms with E-state index in [1.54, 1.807) is 0 Å². The first-order chi connectivity index (χ1) is 8.15. The molecule has 0 fully saturated rings. The molecule has 0 amide bonds. The van der Waals surface area contributed by atoms with Gasteiger partial charge in [-0.3, -0.25) is 4.18 Å². The monoisotopic (exact) mass is 348 g/mol. The van der Waals surface area contributed by atoms with Gasteiger partial charge in [-0.1, -0.05) is 15.9 Å². The predicted octanol–water partition coefficient (Wildman–Crippen LogP) is 2.73. The molecule has 0 spiro atoms. The highest BCUT2D eigenvalue weighted by molar-refractivity contribution is 9.10. The van der Waals surface area contributed by atoms with E-state index in [1.807, 2.05) is 0 Å². The van der Waals surface area contributed by atoms with Crippen molar-refractivity contribution in [1.82, 2.24) is 0 Å². The summed E-state index contributed by atoms with van der Waals surface area (Å²) in [6, 6.07) is 3.89. The second-order valence-corrected chi connectivity index (χ2v) is 5.63. The van der Waals surface area contributed by atoms with Gasteiger partial charge in [-0.05, 0) is 18.2 Å². The third-order valence-corrected chi connectivity index (χ3v) is 3.55. The van der Waals surface area contributed by atoms with Crippen LogP contribution in [0, 0.1) is 0 Å². The van der Waals surface area contributed by atoms with Crippen molar-refractivity contribution in [2.24, 2.45) is 0 Å². The van der Waals surface area contributed by atoms with Gasteiger partial charge in [0.25, 0.3) is 0 Å². The van der Waals surface area contributed by atoms with Crippen molar-refractivity contribution in [2.75, 3.05) is 13.7 Å². The van der Waals surface area contributed by atoms with Gasteiger partial charge in [-0.2, -0.15) is 21.6 Å². The Kier molecular flexibility index (Phi) is 4.62. The van der Waals surface area contributed by atoms with Crippen molar-refractivity contribution in [3.05, 3.63) is 22.7 Å². The molecule has 0 aromatic heterocycles. The number of alkyl halides is 3. The highest BCUT2D eigenvalue weighted by atomic mass is 79.9. The van der Waals surface area contributed by atoms with Crippen molar-refractivity contribution < 1.29 is 30.5 Å². The Balaban J connectivity index is 3.08. The molecule has 0 saturated heterocycles. The number of rotatable bonds is 4. The van der Waals surface area contributed by atoms with Gasteiger partial charge < -0.3 is 4.74 Å². The van der Waals surface area contributed by atoms with Gasteiger partial charge in [0, 0.05) is 4.47 Å². The zero-order valence-corrected chi connectivity index (χ0v) is 11.4. The number of benzene rings is 1. The average molecular weight is 349 g/mol. The lowest BCUT2D eigenvalue weighted by Gasteiger charge is -2.11. The zero-order valence-electron chi connectivity index (χ0n) is 8.99. The van der Waals surface area contributed by atoms with E-state index in [2.05, 4.69) is 20.1 Å². The summed E-state index contributed by atoms with van der Waals surface area (Å²) in [5.74, 6) is -0.0969. The number of halogens is 4. The number of hydrogen-bond acceptors (Lipinski definition) is 4. The van der Waals surface area contributed by atoms with Crippen LogP contribution in [-0.4, -0.2) is 28.3 Å². The minimum Gasteiger partial charge on any atom is -0.495 e. The van der Waals surface area contributed by atoms with E-state index in [-0.39, 0.29) is 5.75 Å². The summed E-state index contributed by atoms with van der Waals surface area (Å²) in [4.78, 5) is -0.469. The van der Waals surface area contributed by atoms with Gasteiger partial charge in [0.05, 0.1) is 7.11 Å². The molecule has 4 nitrogen and oxygen atoms in total. The second-order valence-electron chi connectivity index (χ2n) is 3.13. The first kappa shape index (κ1) is 15.3. The Hall–Kier alpha value is -0.800. The van der Waals surface area contributed by atoms with E-state index in [4.69, 9.17) is 4.74 Å². The molecule has 0 unspecified atom stereocenters. The van der Waals surface area contributed by atoms with Crippen LogP contribution >= 0.6 is 15.9 Å². The van der Waals surface area contributed by atoms with E-state index in [0.29, 0.717) is 4.47 Å². The van der Waals surface area contributed by atoms with Gasteiger partial charge in [0.2, 0.25) is 0 Å². The summed E-state index contributed by atoms with van der Waals surface area (Å²) >= 11 is 3.01. The summed E-state index contributed by atoms with van der Waals surface area (Å²) in [6.45, 7) is -1.88. The molecule has 0 bridgehead atoms. The van der Waals surface area contributed by atoms with Gasteiger partial charge in [0.1, 0.15) is 10.6 Å². The van der Waals surface area contributed by atoms with Gasteiger partial charge >= 0.3 is 16.3 Å². The molecule has 0 aliphatic rings. The molecule has 1 aromatic rings. The standard InChI is InChI=1S/C9H8BrF3O4S/c1-16-7-3-2-6(10)4-8(7)18(14,15)17-5-9(11,12)13/h2-4H,5H2,1H3. The van der Waals surface area contributed by atoms with Crippen LogP contribution in [0.4, 0.5) is 13.2 Å². The van der Waals surface area contributed by atoms with Crippen molar-refractivity contribution in [3.8, 4) is 5.75 Å². The minimum absolute atomic E-state index is 0.0969. The molecule has 0 aliphatic heterocycles. The first-order valence-electron chi connectivity index (χ1n) is 4.45. The average Bonchev–Trinajstić information content (AvgIpc) is 2.26. The molecule has 1 rings (SSSR count). The predicted molar refractivity (Wildman–Crippen MR) is 59.9 cm³/mol. The quantitative estimate of drug-likeness (QED) is 0.785. The van der Waals surface area contributed by atoms with Crippen molar-refractivity contribution in [2.45, 2.75) is 11.1 Å². The van der Waals surface area contributed by atoms with E-state index in [9.17, 15) is 21.6 Å². The van der Waals surface area contributed by atoms with Crippen LogP contribution in [-0.2, 0) is 14.3 Å². The Morgan fingerprint density at radius 1 is 1.33 bits per heavy atom. The summed E-state index contributed by atoms with van der Waals surface area (Å²) in [7, 11) is -3.33. The van der Waals surface area contributed by atoms with E-state index in [1.165, 1.54) is 19.2 Å². The van der Waals surface area contributed by atoms with Crippen LogP contribution in [0.15, 0.2) is 27.6 Å². The maximum Gasteiger partial charge on any atom is 0.413 e. The molecular weight excluding hydrogens is 341 g/mol. The highest BCUT2D eigenvalue weighted by Gasteiger charge is 2.32. The first-order valence-corrected chi connectivity index (χ1v) is 6.65. The van der Waals surface area contributed by atoms with Crippen LogP contribution in [0.2, 0.25) is 0 Å². The van der Waals surface area contributed by atoms with Crippen LogP contribution in [0.1, 0.15) is 0 Å². The summed E-state index contributed by atoms with van der Waals surface area (Å²) in [5, 5.41) is 0. The van der Waals surface area contributed by atoms with E-state index >= 15 is 0 Å². The van der Waals surface area contributed by atoms with Crippen LogP contribution in [0.5, 0.6) is 5.75 Å². The smallest absolute Gasteiger partial charge is 0.413 e. The zero-order chi connectivity index (χ0) is 14.0. The number of ether oxygens (including phenoxy) is 1. The molecule has 0 radical (unpaired) electrons. The largest absolute Gasteiger partial charge is 0.495 e. The van der Waals surface area contributed by atoms with Gasteiger partial charge in [-0.15, -0.1) is 0 Å². The van der Waals surface area contributed by atoms with Gasteiger partial charge in [0.15, 0.2) is 6.61 Å². The van der Waals surface area contributed by atoms with E-state index < -0.39 is 27.8 Å². The Morgan fingerprint density at radius 3 is 2.44 bits per heavy atom. The molecule has 18 heavy (non-hydrogen) atoms. The summed E-state index contributed by atoms with van der Waals surface area (Å²) in [5.41, 5.74) is 0. The second kappa shape index (κ2) is 5.45. The molecular formula is C9H8BrF3O4S. The van der Waals surface area contributed by atoms with Gasteiger partial charge in [-0.25, -0.2) is 0 Å². The van der Waals surface area contributed by atoms with Crippen molar-refractivity contribution in [1.29, 1.82) is 0 Å². The van der Waals surface area contributed by atoms with Crippen molar-refractivity contribution in [3.63, 3.8) is 0 Å². The molecule has 1 aromatic carbocycles. The molecule has 0 N–H and O–H groups in total. The number of methoxy groups -OCH3 is 1. The van der Waals surface area contributed by atoms with Crippen molar-refractivity contribution >= 4 is 26.0 Å². The Bertz CT molecular complexity index is 527. The van der Waals surface area contributed by atoms with Crippen LogP contribution in [0.25, 0.3) is 0 Å².